The second kappa shape index (κ2) is 5.57. The van der Waals surface area contributed by atoms with E-state index in [0.717, 1.165) is 0 Å². The standard InChI is InChI=1S/C12H13N3O5/c1-19-10(11(17)20-2)15-9(16)6-3-4-7-8(5-6)14-12(18)13-7/h3-5,10H,1-2H3,(H,15,16)(H2,13,14,18). The lowest BCUT2D eigenvalue weighted by atomic mass is 10.2. The number of carbonyl (C=O) groups excluding carboxylic acids is 2. The van der Waals surface area contributed by atoms with Crippen LogP contribution in [0.5, 0.6) is 0 Å². The fourth-order valence-corrected chi connectivity index (χ4v) is 1.70. The third-order valence-electron chi connectivity index (χ3n) is 2.69. The molecule has 1 atom stereocenters. The Balaban J connectivity index is 2.22. The molecule has 0 fully saturated rings. The average molecular weight is 279 g/mol. The van der Waals surface area contributed by atoms with E-state index < -0.39 is 18.1 Å². The van der Waals surface area contributed by atoms with Gasteiger partial charge in [-0.25, -0.2) is 9.59 Å². The van der Waals surface area contributed by atoms with Crippen LogP contribution in [0, 0.1) is 0 Å². The van der Waals surface area contributed by atoms with E-state index in [1.54, 1.807) is 6.07 Å². The van der Waals surface area contributed by atoms with Crippen LogP contribution >= 0.6 is 0 Å². The molecule has 0 aliphatic heterocycles. The largest absolute Gasteiger partial charge is 0.466 e. The molecule has 3 N–H and O–H groups in total. The number of nitrogens with one attached hydrogen (secondary N) is 3. The SMILES string of the molecule is COC(=O)C(NC(=O)c1ccc2[nH]c(=O)[nH]c2c1)OC. The van der Waals surface area contributed by atoms with Gasteiger partial charge in [-0.3, -0.25) is 4.79 Å². The highest BCUT2D eigenvalue weighted by Gasteiger charge is 2.21. The molecule has 2 aromatic rings. The van der Waals surface area contributed by atoms with Crippen molar-refractivity contribution in [3.8, 4) is 0 Å². The van der Waals surface area contributed by atoms with Gasteiger partial charge in [0.2, 0.25) is 6.23 Å². The first-order valence-electron chi connectivity index (χ1n) is 5.68. The first kappa shape index (κ1) is 13.8. The fraction of sp³-hybridized carbons (Fsp3) is 0.250. The molecule has 0 aliphatic carbocycles. The Morgan fingerprint density at radius 2 is 1.90 bits per heavy atom. The highest BCUT2D eigenvalue weighted by Crippen LogP contribution is 2.10. The Hall–Kier alpha value is -2.61. The summed E-state index contributed by atoms with van der Waals surface area (Å²) < 4.78 is 9.30. The molecular weight excluding hydrogens is 266 g/mol. The van der Waals surface area contributed by atoms with Crippen molar-refractivity contribution < 1.29 is 19.1 Å². The highest BCUT2D eigenvalue weighted by molar-refractivity contribution is 5.98. The first-order valence-corrected chi connectivity index (χ1v) is 5.68. The number of aromatic amines is 2. The number of methoxy groups -OCH3 is 2. The van der Waals surface area contributed by atoms with Crippen LogP contribution in [0.1, 0.15) is 10.4 Å². The monoisotopic (exact) mass is 279 g/mol. The van der Waals surface area contributed by atoms with Crippen LogP contribution in [-0.2, 0) is 14.3 Å². The number of hydrogen-bond acceptors (Lipinski definition) is 5. The summed E-state index contributed by atoms with van der Waals surface area (Å²) in [5.74, 6) is -1.23. The number of H-pyrrole nitrogens is 2. The van der Waals surface area contributed by atoms with Gasteiger partial charge < -0.3 is 24.8 Å². The van der Waals surface area contributed by atoms with Gasteiger partial charge in [-0.2, -0.15) is 0 Å². The van der Waals surface area contributed by atoms with E-state index in [2.05, 4.69) is 20.0 Å². The maximum atomic E-state index is 12.0. The van der Waals surface area contributed by atoms with Crippen LogP contribution in [0.25, 0.3) is 11.0 Å². The molecule has 1 heterocycles. The molecule has 1 aromatic heterocycles. The van der Waals surface area contributed by atoms with E-state index in [9.17, 15) is 14.4 Å². The van der Waals surface area contributed by atoms with E-state index in [-0.39, 0.29) is 11.3 Å². The van der Waals surface area contributed by atoms with Crippen LogP contribution in [0.2, 0.25) is 0 Å². The van der Waals surface area contributed by atoms with Crippen molar-refractivity contribution >= 4 is 22.9 Å². The zero-order chi connectivity index (χ0) is 14.7. The van der Waals surface area contributed by atoms with Crippen LogP contribution < -0.4 is 11.0 Å². The summed E-state index contributed by atoms with van der Waals surface area (Å²) >= 11 is 0. The molecule has 0 spiro atoms. The third kappa shape index (κ3) is 2.69. The lowest BCUT2D eigenvalue weighted by molar-refractivity contribution is -0.153. The Kier molecular flexibility index (Phi) is 3.85. The smallest absolute Gasteiger partial charge is 0.356 e. The van der Waals surface area contributed by atoms with E-state index in [0.29, 0.717) is 11.0 Å². The molecule has 8 nitrogen and oxygen atoms in total. The summed E-state index contributed by atoms with van der Waals surface area (Å²) in [5, 5.41) is 2.37. The number of aromatic nitrogens is 2. The molecule has 0 bridgehead atoms. The van der Waals surface area contributed by atoms with Gasteiger partial charge in [0, 0.05) is 12.7 Å². The summed E-state index contributed by atoms with van der Waals surface area (Å²) in [6.45, 7) is 0. The molecule has 20 heavy (non-hydrogen) atoms. The fourth-order valence-electron chi connectivity index (χ4n) is 1.70. The molecule has 1 unspecified atom stereocenters. The van der Waals surface area contributed by atoms with Crippen molar-refractivity contribution in [1.82, 2.24) is 15.3 Å². The molecule has 106 valence electrons. The minimum atomic E-state index is -1.19. The number of amides is 1. The van der Waals surface area contributed by atoms with E-state index in [4.69, 9.17) is 4.74 Å². The van der Waals surface area contributed by atoms with Gasteiger partial charge in [0.05, 0.1) is 18.1 Å². The van der Waals surface area contributed by atoms with Gasteiger partial charge in [-0.05, 0) is 18.2 Å². The first-order chi connectivity index (χ1) is 9.55. The summed E-state index contributed by atoms with van der Waals surface area (Å²) in [6, 6.07) is 4.60. The minimum absolute atomic E-state index is 0.277. The second-order valence-corrected chi connectivity index (χ2v) is 3.95. The van der Waals surface area contributed by atoms with Gasteiger partial charge in [0.1, 0.15) is 0 Å². The number of ether oxygens (including phenoxy) is 2. The lowest BCUT2D eigenvalue weighted by Crippen LogP contribution is -2.42. The van der Waals surface area contributed by atoms with Crippen molar-refractivity contribution in [2.45, 2.75) is 6.23 Å². The molecule has 2 rings (SSSR count). The lowest BCUT2D eigenvalue weighted by Gasteiger charge is -2.14. The Morgan fingerprint density at radius 1 is 1.20 bits per heavy atom. The van der Waals surface area contributed by atoms with Crippen molar-refractivity contribution in [1.29, 1.82) is 0 Å². The van der Waals surface area contributed by atoms with Gasteiger partial charge in [0.15, 0.2) is 0 Å². The van der Waals surface area contributed by atoms with Crippen LogP contribution in [0.3, 0.4) is 0 Å². The molecule has 0 radical (unpaired) electrons. The number of carbonyl (C=O) groups is 2. The Labute approximate surface area is 113 Å². The van der Waals surface area contributed by atoms with Crippen molar-refractivity contribution in [3.05, 3.63) is 34.2 Å². The second-order valence-electron chi connectivity index (χ2n) is 3.95. The average Bonchev–Trinajstić information content (AvgIpc) is 2.82. The van der Waals surface area contributed by atoms with Gasteiger partial charge >= 0.3 is 11.7 Å². The molecule has 1 aromatic carbocycles. The number of esters is 1. The predicted molar refractivity (Wildman–Crippen MR) is 69.2 cm³/mol. The van der Waals surface area contributed by atoms with E-state index in [1.807, 2.05) is 0 Å². The number of fused-ring (bicyclic) bond motifs is 1. The number of imidazole rings is 1. The van der Waals surface area contributed by atoms with Crippen molar-refractivity contribution in [2.24, 2.45) is 0 Å². The van der Waals surface area contributed by atoms with Gasteiger partial charge in [0.25, 0.3) is 5.91 Å². The maximum absolute atomic E-state index is 12.0. The van der Waals surface area contributed by atoms with Crippen molar-refractivity contribution in [2.75, 3.05) is 14.2 Å². The quantitative estimate of drug-likeness (QED) is 0.526. The van der Waals surface area contributed by atoms with Crippen molar-refractivity contribution in [3.63, 3.8) is 0 Å². The number of hydrogen-bond donors (Lipinski definition) is 3. The normalized spacial score (nSPS) is 12.1. The predicted octanol–water partition coefficient (Wildman–Crippen LogP) is -0.268. The highest BCUT2D eigenvalue weighted by atomic mass is 16.6. The zero-order valence-corrected chi connectivity index (χ0v) is 10.9. The van der Waals surface area contributed by atoms with Gasteiger partial charge in [-0.15, -0.1) is 0 Å². The topological polar surface area (TPSA) is 113 Å². The summed E-state index contributed by atoms with van der Waals surface area (Å²) in [5.41, 5.74) is 0.998. The summed E-state index contributed by atoms with van der Waals surface area (Å²) in [7, 11) is 2.46. The summed E-state index contributed by atoms with van der Waals surface area (Å²) in [6.07, 6.45) is -1.19. The third-order valence-corrected chi connectivity index (χ3v) is 2.69. The van der Waals surface area contributed by atoms with Crippen LogP contribution in [-0.4, -0.2) is 42.3 Å². The van der Waals surface area contributed by atoms with Crippen LogP contribution in [0.15, 0.2) is 23.0 Å². The number of rotatable bonds is 4. The Morgan fingerprint density at radius 3 is 2.55 bits per heavy atom. The van der Waals surface area contributed by atoms with Gasteiger partial charge in [-0.1, -0.05) is 0 Å². The molecule has 8 heteroatoms. The summed E-state index contributed by atoms with van der Waals surface area (Å²) in [4.78, 5) is 39.5. The zero-order valence-electron chi connectivity index (χ0n) is 10.9. The van der Waals surface area contributed by atoms with Crippen LogP contribution in [0.4, 0.5) is 0 Å². The molecule has 0 saturated carbocycles. The van der Waals surface area contributed by atoms with E-state index >= 15 is 0 Å². The molecule has 0 aliphatic rings. The number of benzene rings is 1. The molecule has 1 amide bonds. The molecule has 0 saturated heterocycles. The van der Waals surface area contributed by atoms with E-state index in [1.165, 1.54) is 26.4 Å². The minimum Gasteiger partial charge on any atom is -0.466 e. The molecular formula is C12H13N3O5. The maximum Gasteiger partial charge on any atom is 0.356 e. The Bertz CT molecular complexity index is 702.